The van der Waals surface area contributed by atoms with Gasteiger partial charge in [0.15, 0.2) is 0 Å². The highest BCUT2D eigenvalue weighted by Crippen LogP contribution is 2.33. The van der Waals surface area contributed by atoms with Crippen LogP contribution in [0.25, 0.3) is 0 Å². The van der Waals surface area contributed by atoms with Crippen molar-refractivity contribution in [3.63, 3.8) is 0 Å². The van der Waals surface area contributed by atoms with Gasteiger partial charge in [0.2, 0.25) is 5.91 Å². The third-order valence-corrected chi connectivity index (χ3v) is 3.11. The van der Waals surface area contributed by atoms with Crippen molar-refractivity contribution >= 4 is 40.7 Å². The van der Waals surface area contributed by atoms with Crippen LogP contribution in [0.15, 0.2) is 18.2 Å². The standard InChI is InChI=1S/C11H12Cl3NO/c1-2-6-15-11(16)10(14)9-7(12)4-3-5-8(9)13/h3-5,10H,2,6H2,1H3,(H,15,16). The minimum absolute atomic E-state index is 0.279. The summed E-state index contributed by atoms with van der Waals surface area (Å²) >= 11 is 17.9. The molecule has 1 atom stereocenters. The van der Waals surface area contributed by atoms with Crippen LogP contribution in [0.1, 0.15) is 24.3 Å². The zero-order valence-corrected chi connectivity index (χ0v) is 11.0. The van der Waals surface area contributed by atoms with Crippen LogP contribution in [0.4, 0.5) is 0 Å². The van der Waals surface area contributed by atoms with E-state index in [0.717, 1.165) is 6.42 Å². The molecule has 2 nitrogen and oxygen atoms in total. The summed E-state index contributed by atoms with van der Waals surface area (Å²) in [5, 5.41) is 2.65. The van der Waals surface area contributed by atoms with Crippen LogP contribution in [-0.4, -0.2) is 12.5 Å². The summed E-state index contributed by atoms with van der Waals surface area (Å²) in [6.07, 6.45) is 0.853. The summed E-state index contributed by atoms with van der Waals surface area (Å²) in [6, 6.07) is 5.03. The van der Waals surface area contributed by atoms with Crippen LogP contribution in [-0.2, 0) is 4.79 Å². The molecule has 1 aromatic carbocycles. The number of nitrogens with one attached hydrogen (secondary N) is 1. The highest BCUT2D eigenvalue weighted by Gasteiger charge is 2.22. The molecule has 0 bridgehead atoms. The quantitative estimate of drug-likeness (QED) is 0.835. The molecule has 0 aromatic heterocycles. The van der Waals surface area contributed by atoms with Gasteiger partial charge in [0.05, 0.1) is 0 Å². The van der Waals surface area contributed by atoms with Crippen LogP contribution >= 0.6 is 34.8 Å². The highest BCUT2D eigenvalue weighted by molar-refractivity contribution is 6.40. The van der Waals surface area contributed by atoms with Gasteiger partial charge in [-0.2, -0.15) is 0 Å². The van der Waals surface area contributed by atoms with Gasteiger partial charge in [-0.25, -0.2) is 0 Å². The SMILES string of the molecule is CCCNC(=O)C(Cl)c1c(Cl)cccc1Cl. The topological polar surface area (TPSA) is 29.1 Å². The second kappa shape index (κ2) is 6.33. The normalized spacial score (nSPS) is 12.2. The molecule has 1 rings (SSSR count). The first-order valence-electron chi connectivity index (χ1n) is 4.93. The van der Waals surface area contributed by atoms with Crippen molar-refractivity contribution in [3.05, 3.63) is 33.8 Å². The molecule has 0 saturated carbocycles. The van der Waals surface area contributed by atoms with Crippen molar-refractivity contribution in [3.8, 4) is 0 Å². The van der Waals surface area contributed by atoms with E-state index >= 15 is 0 Å². The van der Waals surface area contributed by atoms with Crippen molar-refractivity contribution in [2.45, 2.75) is 18.7 Å². The summed E-state index contributed by atoms with van der Waals surface area (Å²) in [7, 11) is 0. The molecular formula is C11H12Cl3NO. The highest BCUT2D eigenvalue weighted by atomic mass is 35.5. The van der Waals surface area contributed by atoms with E-state index in [1.165, 1.54) is 0 Å². The Morgan fingerprint density at radius 2 is 1.94 bits per heavy atom. The van der Waals surface area contributed by atoms with Gasteiger partial charge in [-0.05, 0) is 18.6 Å². The molecule has 88 valence electrons. The first-order chi connectivity index (χ1) is 7.57. The Morgan fingerprint density at radius 3 is 2.44 bits per heavy atom. The molecule has 0 aliphatic heterocycles. The van der Waals surface area contributed by atoms with Crippen molar-refractivity contribution in [2.75, 3.05) is 6.54 Å². The largest absolute Gasteiger partial charge is 0.355 e. The fourth-order valence-corrected chi connectivity index (χ4v) is 2.26. The molecule has 0 heterocycles. The monoisotopic (exact) mass is 279 g/mol. The Bertz CT molecular complexity index is 361. The molecule has 0 fully saturated rings. The average molecular weight is 281 g/mol. The van der Waals surface area contributed by atoms with E-state index in [2.05, 4.69) is 5.32 Å². The minimum atomic E-state index is -0.854. The van der Waals surface area contributed by atoms with E-state index in [-0.39, 0.29) is 5.91 Å². The van der Waals surface area contributed by atoms with Gasteiger partial charge in [0.1, 0.15) is 5.38 Å². The molecule has 5 heteroatoms. The fraction of sp³-hybridized carbons (Fsp3) is 0.364. The summed E-state index contributed by atoms with van der Waals surface area (Å²) in [6.45, 7) is 2.55. The van der Waals surface area contributed by atoms with Crippen molar-refractivity contribution in [1.29, 1.82) is 0 Å². The van der Waals surface area contributed by atoms with Crippen molar-refractivity contribution in [2.24, 2.45) is 0 Å². The lowest BCUT2D eigenvalue weighted by Crippen LogP contribution is -2.27. The fourth-order valence-electron chi connectivity index (χ4n) is 1.22. The second-order valence-corrected chi connectivity index (χ2v) is 4.54. The van der Waals surface area contributed by atoms with Gasteiger partial charge in [-0.3, -0.25) is 4.79 Å². The number of hydrogen-bond donors (Lipinski definition) is 1. The molecule has 0 spiro atoms. The van der Waals surface area contributed by atoms with Gasteiger partial charge in [-0.1, -0.05) is 36.2 Å². The van der Waals surface area contributed by atoms with Crippen LogP contribution < -0.4 is 5.32 Å². The third-order valence-electron chi connectivity index (χ3n) is 2.03. The van der Waals surface area contributed by atoms with Gasteiger partial charge in [0.25, 0.3) is 0 Å². The third kappa shape index (κ3) is 3.27. The van der Waals surface area contributed by atoms with Gasteiger partial charge >= 0.3 is 0 Å². The Kier molecular flexibility index (Phi) is 5.39. The number of benzene rings is 1. The first kappa shape index (κ1) is 13.6. The molecule has 0 radical (unpaired) electrons. The maximum Gasteiger partial charge on any atom is 0.242 e. The Balaban J connectivity index is 2.87. The van der Waals surface area contributed by atoms with E-state index in [0.29, 0.717) is 22.2 Å². The number of hydrogen-bond acceptors (Lipinski definition) is 1. The average Bonchev–Trinajstić information content (AvgIpc) is 2.25. The van der Waals surface area contributed by atoms with E-state index in [1.807, 2.05) is 6.92 Å². The first-order valence-corrected chi connectivity index (χ1v) is 6.12. The molecule has 0 aliphatic rings. The maximum absolute atomic E-state index is 11.6. The van der Waals surface area contributed by atoms with Crippen LogP contribution in [0.5, 0.6) is 0 Å². The van der Waals surface area contributed by atoms with Crippen LogP contribution in [0.3, 0.4) is 0 Å². The summed E-state index contributed by atoms with van der Waals surface area (Å²) in [4.78, 5) is 11.6. The second-order valence-electron chi connectivity index (χ2n) is 3.29. The molecule has 16 heavy (non-hydrogen) atoms. The van der Waals surface area contributed by atoms with Gasteiger partial charge in [-0.15, -0.1) is 11.6 Å². The lowest BCUT2D eigenvalue weighted by Gasteiger charge is -2.13. The predicted molar refractivity (Wildman–Crippen MR) is 68.4 cm³/mol. The molecule has 1 aromatic rings. The number of carbonyl (C=O) groups is 1. The Labute approximate surface area is 110 Å². The van der Waals surface area contributed by atoms with E-state index < -0.39 is 5.38 Å². The van der Waals surface area contributed by atoms with E-state index in [4.69, 9.17) is 34.8 Å². The van der Waals surface area contributed by atoms with Crippen LogP contribution in [0.2, 0.25) is 10.0 Å². The van der Waals surface area contributed by atoms with E-state index in [9.17, 15) is 4.79 Å². The minimum Gasteiger partial charge on any atom is -0.355 e. The summed E-state index contributed by atoms with van der Waals surface area (Å²) < 4.78 is 0. The van der Waals surface area contributed by atoms with Crippen molar-refractivity contribution in [1.82, 2.24) is 5.32 Å². The molecule has 1 amide bonds. The lowest BCUT2D eigenvalue weighted by atomic mass is 10.1. The summed E-state index contributed by atoms with van der Waals surface area (Å²) in [5.41, 5.74) is 0.459. The number of carbonyl (C=O) groups excluding carboxylic acids is 1. The number of alkyl halides is 1. The molecule has 1 unspecified atom stereocenters. The zero-order valence-electron chi connectivity index (χ0n) is 8.77. The maximum atomic E-state index is 11.6. The molecule has 1 N–H and O–H groups in total. The number of halogens is 3. The van der Waals surface area contributed by atoms with Crippen molar-refractivity contribution < 1.29 is 4.79 Å². The van der Waals surface area contributed by atoms with E-state index in [1.54, 1.807) is 18.2 Å². The Morgan fingerprint density at radius 1 is 1.38 bits per heavy atom. The predicted octanol–water partition coefficient (Wildman–Crippen LogP) is 3.80. The Hall–Kier alpha value is -0.440. The van der Waals surface area contributed by atoms with Gasteiger partial charge in [0, 0.05) is 22.2 Å². The number of rotatable bonds is 4. The summed E-state index contributed by atoms with van der Waals surface area (Å²) in [5.74, 6) is -0.279. The smallest absolute Gasteiger partial charge is 0.242 e. The molecule has 0 aliphatic carbocycles. The molecule has 0 saturated heterocycles. The van der Waals surface area contributed by atoms with Gasteiger partial charge < -0.3 is 5.32 Å². The number of amides is 1. The van der Waals surface area contributed by atoms with Crippen LogP contribution in [0, 0.1) is 0 Å². The molecular weight excluding hydrogens is 268 g/mol. The zero-order chi connectivity index (χ0) is 12.1. The lowest BCUT2D eigenvalue weighted by molar-refractivity contribution is -0.120.